The predicted octanol–water partition coefficient (Wildman–Crippen LogP) is 11.5. The number of ether oxygens (including phenoxy) is 2. The van der Waals surface area contributed by atoms with Crippen molar-refractivity contribution in [1.82, 2.24) is 0 Å². The molecule has 0 fully saturated rings. The number of benzene rings is 2. The fourth-order valence-corrected chi connectivity index (χ4v) is 8.91. The molecule has 0 N–H and O–H groups in total. The lowest BCUT2D eigenvalue weighted by Gasteiger charge is -2.24. The van der Waals surface area contributed by atoms with Gasteiger partial charge in [-0.1, -0.05) is 128 Å². The van der Waals surface area contributed by atoms with E-state index in [1.807, 2.05) is 48.5 Å². The molecule has 2 aromatic carbocycles. The number of hydrogen-bond acceptors (Lipinski definition) is 5. The molecule has 2 aliphatic rings. The van der Waals surface area contributed by atoms with Gasteiger partial charge in [0.15, 0.2) is 0 Å². The van der Waals surface area contributed by atoms with Gasteiger partial charge in [0, 0.05) is 33.8 Å². The van der Waals surface area contributed by atoms with E-state index in [4.69, 9.17) is 102 Å². The van der Waals surface area contributed by atoms with Gasteiger partial charge in [0.05, 0.1) is 40.0 Å². The zero-order chi connectivity index (χ0) is 27.1. The summed E-state index contributed by atoms with van der Waals surface area (Å²) in [5.74, 6) is 0. The van der Waals surface area contributed by atoms with E-state index >= 15 is 0 Å². The van der Waals surface area contributed by atoms with Crippen molar-refractivity contribution in [2.75, 3.05) is 14.2 Å². The normalized spacial score (nSPS) is 24.3. The molecule has 13 heteroatoms. The summed E-state index contributed by atoms with van der Waals surface area (Å²) in [6, 6.07) is 15.8. The maximum absolute atomic E-state index is 6.56. The molecule has 196 valence electrons. The number of allylic oxidation sites excluding steroid dienone is 4. The maximum Gasteiger partial charge on any atom is 0.212 e. The summed E-state index contributed by atoms with van der Waals surface area (Å²) < 4.78 is 10.8. The highest BCUT2D eigenvalue weighted by atomic mass is 35.5. The van der Waals surface area contributed by atoms with Crippen molar-refractivity contribution in [2.45, 2.75) is 29.7 Å². The van der Waals surface area contributed by atoms with E-state index in [0.29, 0.717) is 9.81 Å². The van der Waals surface area contributed by atoms with Gasteiger partial charge in [-0.15, -0.1) is 0 Å². The van der Waals surface area contributed by atoms with Crippen LogP contribution in [0.1, 0.15) is 0 Å². The van der Waals surface area contributed by atoms with Gasteiger partial charge in [-0.2, -0.15) is 0 Å². The second kappa shape index (κ2) is 12.3. The van der Waals surface area contributed by atoms with Crippen LogP contribution in [-0.2, 0) is 9.47 Å². The van der Waals surface area contributed by atoms with Crippen LogP contribution in [0.5, 0.6) is 0 Å². The van der Waals surface area contributed by atoms with Crippen molar-refractivity contribution in [3.8, 4) is 0 Å². The molecule has 37 heavy (non-hydrogen) atoms. The highest BCUT2D eigenvalue weighted by Gasteiger charge is 2.47. The van der Waals surface area contributed by atoms with Crippen molar-refractivity contribution in [2.24, 2.45) is 0 Å². The Morgan fingerprint density at radius 2 is 0.757 bits per heavy atom. The van der Waals surface area contributed by atoms with Crippen LogP contribution in [0.3, 0.4) is 0 Å². The molecule has 0 aromatic heterocycles. The van der Waals surface area contributed by atoms with Gasteiger partial charge in [0.25, 0.3) is 0 Å². The van der Waals surface area contributed by atoms with Crippen LogP contribution in [0.4, 0.5) is 0 Å². The zero-order valence-corrected chi connectivity index (χ0v) is 27.2. The Morgan fingerprint density at radius 1 is 0.486 bits per heavy atom. The second-order valence-corrected chi connectivity index (χ2v) is 14.0. The smallest absolute Gasteiger partial charge is 0.212 e. The maximum atomic E-state index is 6.56. The zero-order valence-electron chi connectivity index (χ0n) is 18.7. The highest BCUT2D eigenvalue weighted by Crippen LogP contribution is 2.57. The first kappa shape index (κ1) is 30.6. The standard InChI is InChI=1S/C24H14Cl8O2S3/c1-33-23(31)19(29)15(25)17(27)21(23)36-13-7-3-11(4-8-13)35-12-5-9-14(10-6-12)37-22-18(28)16(26)20(30)24(22,32)34-2/h3-10H,1-2H3. The van der Waals surface area contributed by atoms with E-state index < -0.39 is 10.1 Å². The summed E-state index contributed by atoms with van der Waals surface area (Å²) in [6.45, 7) is 0. The van der Waals surface area contributed by atoms with Crippen molar-refractivity contribution >= 4 is 128 Å². The molecule has 2 unspecified atom stereocenters. The van der Waals surface area contributed by atoms with Gasteiger partial charge in [0.1, 0.15) is 0 Å². The Hall–Kier alpha value is 0.690. The fourth-order valence-electron chi connectivity index (χ4n) is 3.26. The molecule has 0 heterocycles. The van der Waals surface area contributed by atoms with Crippen LogP contribution >= 0.6 is 128 Å². The van der Waals surface area contributed by atoms with E-state index in [1.165, 1.54) is 37.7 Å². The summed E-state index contributed by atoms with van der Waals surface area (Å²) in [7, 11) is 2.90. The molecular weight excluding hydrogens is 700 g/mol. The number of methoxy groups -OCH3 is 2. The van der Waals surface area contributed by atoms with Crippen LogP contribution < -0.4 is 0 Å². The van der Waals surface area contributed by atoms with Gasteiger partial charge in [-0.25, -0.2) is 0 Å². The van der Waals surface area contributed by atoms with E-state index in [2.05, 4.69) is 0 Å². The Kier molecular flexibility index (Phi) is 10.2. The number of alkyl halides is 2. The van der Waals surface area contributed by atoms with Crippen LogP contribution in [0.15, 0.2) is 108 Å². The number of hydrogen-bond donors (Lipinski definition) is 0. The average Bonchev–Trinajstić information content (AvgIpc) is 3.17. The second-order valence-electron chi connectivity index (χ2n) is 7.39. The van der Waals surface area contributed by atoms with Gasteiger partial charge >= 0.3 is 0 Å². The molecule has 2 aromatic rings. The monoisotopic (exact) mass is 710 g/mol. The summed E-state index contributed by atoms with van der Waals surface area (Å²) in [5, 5.41) is -1.58. The Labute approximate surface area is 267 Å². The lowest BCUT2D eigenvalue weighted by Crippen LogP contribution is -2.23. The first-order valence-electron chi connectivity index (χ1n) is 10.1. The molecule has 0 amide bonds. The summed E-state index contributed by atoms with van der Waals surface area (Å²) >= 11 is 55.0. The van der Waals surface area contributed by atoms with Gasteiger partial charge in [0.2, 0.25) is 10.1 Å². The summed E-state index contributed by atoms with van der Waals surface area (Å²) in [5.41, 5.74) is 0. The van der Waals surface area contributed by atoms with Crippen molar-refractivity contribution < 1.29 is 9.47 Å². The van der Waals surface area contributed by atoms with Crippen molar-refractivity contribution in [1.29, 1.82) is 0 Å². The third-order valence-corrected chi connectivity index (χ3v) is 13.1. The van der Waals surface area contributed by atoms with E-state index in [9.17, 15) is 0 Å². The number of halogens is 8. The lowest BCUT2D eigenvalue weighted by atomic mass is 10.3. The van der Waals surface area contributed by atoms with Crippen LogP contribution in [0, 0.1) is 0 Å². The minimum absolute atomic E-state index is 0.146. The fraction of sp³-hybridized carbons (Fsp3) is 0.167. The molecule has 0 bridgehead atoms. The number of rotatable bonds is 8. The molecule has 2 nitrogen and oxygen atoms in total. The highest BCUT2D eigenvalue weighted by molar-refractivity contribution is 8.03. The minimum Gasteiger partial charge on any atom is -0.353 e. The summed E-state index contributed by atoms with van der Waals surface area (Å²) in [4.78, 5) is 4.92. The van der Waals surface area contributed by atoms with Crippen molar-refractivity contribution in [3.63, 3.8) is 0 Å². The van der Waals surface area contributed by atoms with Crippen molar-refractivity contribution in [3.05, 3.63) is 88.5 Å². The lowest BCUT2D eigenvalue weighted by molar-refractivity contribution is 0.139. The summed E-state index contributed by atoms with van der Waals surface area (Å²) in [6.07, 6.45) is 0. The first-order chi connectivity index (χ1) is 17.5. The van der Waals surface area contributed by atoms with Crippen LogP contribution in [-0.4, -0.2) is 24.3 Å². The van der Waals surface area contributed by atoms with Gasteiger partial charge in [-0.05, 0) is 48.5 Å². The van der Waals surface area contributed by atoms with E-state index in [-0.39, 0.29) is 30.2 Å². The molecule has 0 saturated heterocycles. The Balaban J connectivity index is 1.43. The Bertz CT molecular complexity index is 1250. The third kappa shape index (κ3) is 5.88. The van der Waals surface area contributed by atoms with Crippen LogP contribution in [0.2, 0.25) is 0 Å². The molecular formula is C24H14Cl8O2S3. The molecule has 2 aliphatic carbocycles. The van der Waals surface area contributed by atoms with Crippen LogP contribution in [0.25, 0.3) is 0 Å². The van der Waals surface area contributed by atoms with E-state index in [0.717, 1.165) is 19.6 Å². The third-order valence-electron chi connectivity index (χ3n) is 5.20. The minimum atomic E-state index is -1.40. The largest absolute Gasteiger partial charge is 0.353 e. The van der Waals surface area contributed by atoms with Gasteiger partial charge < -0.3 is 9.47 Å². The topological polar surface area (TPSA) is 18.5 Å². The Morgan fingerprint density at radius 3 is 1.03 bits per heavy atom. The number of thioether (sulfide) groups is 2. The molecule has 0 radical (unpaired) electrons. The molecule has 0 saturated carbocycles. The average molecular weight is 714 g/mol. The molecule has 0 aliphatic heterocycles. The first-order valence-corrected chi connectivity index (χ1v) is 15.6. The molecule has 4 rings (SSSR count). The molecule has 2 atom stereocenters. The van der Waals surface area contributed by atoms with Gasteiger partial charge in [-0.3, -0.25) is 0 Å². The molecule has 0 spiro atoms. The van der Waals surface area contributed by atoms with E-state index in [1.54, 1.807) is 11.8 Å². The SMILES string of the molecule is COC1(Cl)C(Cl)=C(Cl)C(Cl)=C1Sc1ccc(Sc2ccc(SC3=C(Cl)C(Cl)=C(Cl)C3(Cl)OC)cc2)cc1. The predicted molar refractivity (Wildman–Crippen MR) is 163 cm³/mol. The quantitative estimate of drug-likeness (QED) is 0.253.